The summed E-state index contributed by atoms with van der Waals surface area (Å²) in [6.07, 6.45) is 2.30. The summed E-state index contributed by atoms with van der Waals surface area (Å²) in [6, 6.07) is 13.9. The molecule has 0 amide bonds. The molecule has 30 heavy (non-hydrogen) atoms. The summed E-state index contributed by atoms with van der Waals surface area (Å²) in [7, 11) is 1.63. The van der Waals surface area contributed by atoms with E-state index in [0.717, 1.165) is 30.8 Å². The number of hydrogen-bond donors (Lipinski definition) is 4. The number of guanidine groups is 1. The minimum atomic E-state index is -0.659. The first kappa shape index (κ1) is 24.0. The molecule has 0 aliphatic heterocycles. The first-order valence-corrected chi connectivity index (χ1v) is 10.0. The van der Waals surface area contributed by atoms with Gasteiger partial charge in [0.1, 0.15) is 5.75 Å². The van der Waals surface area contributed by atoms with Gasteiger partial charge in [-0.1, -0.05) is 24.3 Å². The van der Waals surface area contributed by atoms with Crippen LogP contribution in [0.25, 0.3) is 10.9 Å². The van der Waals surface area contributed by atoms with Crippen molar-refractivity contribution in [3.63, 3.8) is 0 Å². The summed E-state index contributed by atoms with van der Waals surface area (Å²) in [4.78, 5) is 7.87. The van der Waals surface area contributed by atoms with Crippen LogP contribution in [0.15, 0.2) is 53.7 Å². The molecule has 0 spiro atoms. The maximum atomic E-state index is 10.4. The summed E-state index contributed by atoms with van der Waals surface area (Å²) in [5.41, 5.74) is 4.52. The molecule has 0 radical (unpaired) electrons. The van der Waals surface area contributed by atoms with Crippen LogP contribution in [0.4, 0.5) is 0 Å². The number of fused-ring (bicyclic) bond motifs is 1. The van der Waals surface area contributed by atoms with Crippen molar-refractivity contribution < 1.29 is 9.84 Å². The molecule has 7 heteroatoms. The van der Waals surface area contributed by atoms with Gasteiger partial charge < -0.3 is 25.5 Å². The number of nitrogens with one attached hydrogen (secondary N) is 3. The lowest BCUT2D eigenvalue weighted by molar-refractivity contribution is 0.187. The number of aromatic nitrogens is 1. The molecule has 1 unspecified atom stereocenters. The highest BCUT2D eigenvalue weighted by atomic mass is 127. The number of aliphatic hydroxyl groups excluding tert-OH is 1. The summed E-state index contributed by atoms with van der Waals surface area (Å²) < 4.78 is 5.16. The van der Waals surface area contributed by atoms with Crippen LogP contribution in [0.5, 0.6) is 5.75 Å². The van der Waals surface area contributed by atoms with Gasteiger partial charge in [-0.2, -0.15) is 0 Å². The van der Waals surface area contributed by atoms with E-state index < -0.39 is 6.10 Å². The van der Waals surface area contributed by atoms with Crippen LogP contribution in [-0.2, 0) is 6.42 Å². The van der Waals surface area contributed by atoms with Crippen molar-refractivity contribution in [2.45, 2.75) is 26.4 Å². The standard InChI is InChI=1S/C23H30N4O2.HI/c1-4-24-23(27-15-22(28)17-6-8-19(29-3)9-7-17)25-12-11-18-14-26-21-13-16(2)5-10-20(18)21;/h5-10,13-14,22,26,28H,4,11-12,15H2,1-3H3,(H2,24,25,27);1H. The SMILES string of the molecule is CCNC(=NCC(O)c1ccc(OC)cc1)NCCc1c[nH]c2cc(C)ccc12.I. The van der Waals surface area contributed by atoms with Crippen molar-refractivity contribution in [1.82, 2.24) is 15.6 Å². The molecule has 162 valence electrons. The van der Waals surface area contributed by atoms with E-state index in [1.807, 2.05) is 31.2 Å². The van der Waals surface area contributed by atoms with Gasteiger partial charge in [0.05, 0.1) is 19.8 Å². The van der Waals surface area contributed by atoms with Crippen molar-refractivity contribution in [3.8, 4) is 5.75 Å². The number of nitrogens with zero attached hydrogens (tertiary/aromatic N) is 1. The van der Waals surface area contributed by atoms with Gasteiger partial charge in [-0.3, -0.25) is 4.99 Å². The average molecular weight is 522 g/mol. The van der Waals surface area contributed by atoms with E-state index >= 15 is 0 Å². The maximum Gasteiger partial charge on any atom is 0.191 e. The van der Waals surface area contributed by atoms with Gasteiger partial charge in [0, 0.05) is 30.2 Å². The van der Waals surface area contributed by atoms with E-state index in [9.17, 15) is 5.11 Å². The quantitative estimate of drug-likeness (QED) is 0.205. The number of ether oxygens (including phenoxy) is 1. The zero-order valence-electron chi connectivity index (χ0n) is 17.7. The molecule has 0 saturated heterocycles. The second-order valence-corrected chi connectivity index (χ2v) is 7.05. The van der Waals surface area contributed by atoms with E-state index in [1.54, 1.807) is 7.11 Å². The Hall–Kier alpha value is -2.26. The molecule has 1 atom stereocenters. The third-order valence-electron chi connectivity index (χ3n) is 4.88. The molecule has 0 aliphatic rings. The van der Waals surface area contributed by atoms with E-state index in [-0.39, 0.29) is 30.5 Å². The van der Waals surface area contributed by atoms with Crippen LogP contribution in [0, 0.1) is 6.92 Å². The number of rotatable bonds is 8. The Morgan fingerprint density at radius 1 is 1.17 bits per heavy atom. The molecule has 1 heterocycles. The Kier molecular flexibility index (Phi) is 9.45. The monoisotopic (exact) mass is 522 g/mol. The zero-order chi connectivity index (χ0) is 20.6. The first-order valence-electron chi connectivity index (χ1n) is 10.0. The Bertz CT molecular complexity index is 953. The highest BCUT2D eigenvalue weighted by Gasteiger charge is 2.08. The van der Waals surface area contributed by atoms with Gasteiger partial charge in [-0.15, -0.1) is 24.0 Å². The van der Waals surface area contributed by atoms with Crippen LogP contribution >= 0.6 is 24.0 Å². The number of halogens is 1. The number of methoxy groups -OCH3 is 1. The first-order chi connectivity index (χ1) is 14.1. The van der Waals surface area contributed by atoms with Crippen molar-refractivity contribution in [3.05, 3.63) is 65.4 Å². The lowest BCUT2D eigenvalue weighted by Gasteiger charge is -2.13. The van der Waals surface area contributed by atoms with Crippen LogP contribution in [0.3, 0.4) is 0 Å². The van der Waals surface area contributed by atoms with Crippen LogP contribution in [0.1, 0.15) is 29.7 Å². The predicted octanol–water partition coefficient (Wildman–Crippen LogP) is 3.93. The minimum absolute atomic E-state index is 0. The summed E-state index contributed by atoms with van der Waals surface area (Å²) in [5.74, 6) is 1.47. The molecule has 0 bridgehead atoms. The van der Waals surface area contributed by atoms with Crippen LogP contribution in [0.2, 0.25) is 0 Å². The fourth-order valence-electron chi connectivity index (χ4n) is 3.27. The summed E-state index contributed by atoms with van der Waals surface area (Å²) in [6.45, 7) is 5.93. The number of hydrogen-bond acceptors (Lipinski definition) is 3. The molecule has 0 fully saturated rings. The van der Waals surface area contributed by atoms with E-state index in [1.165, 1.54) is 22.0 Å². The lowest BCUT2D eigenvalue weighted by Crippen LogP contribution is -2.38. The molecular formula is C23H31IN4O2. The fraction of sp³-hybridized carbons (Fsp3) is 0.348. The second-order valence-electron chi connectivity index (χ2n) is 7.05. The number of aliphatic hydroxyl groups is 1. The Labute approximate surface area is 195 Å². The lowest BCUT2D eigenvalue weighted by atomic mass is 10.1. The fourth-order valence-corrected chi connectivity index (χ4v) is 3.27. The molecule has 0 aliphatic carbocycles. The van der Waals surface area contributed by atoms with E-state index in [4.69, 9.17) is 4.74 Å². The molecule has 6 nitrogen and oxygen atoms in total. The predicted molar refractivity (Wildman–Crippen MR) is 134 cm³/mol. The Balaban J connectivity index is 0.00000320. The summed E-state index contributed by atoms with van der Waals surface area (Å²) >= 11 is 0. The highest BCUT2D eigenvalue weighted by Crippen LogP contribution is 2.20. The maximum absolute atomic E-state index is 10.4. The largest absolute Gasteiger partial charge is 0.497 e. The molecule has 2 aromatic carbocycles. The topological polar surface area (TPSA) is 81.7 Å². The van der Waals surface area contributed by atoms with Gasteiger partial charge in [0.15, 0.2) is 5.96 Å². The molecule has 1 aromatic heterocycles. The van der Waals surface area contributed by atoms with Gasteiger partial charge in [-0.25, -0.2) is 0 Å². The average Bonchev–Trinajstić information content (AvgIpc) is 3.13. The smallest absolute Gasteiger partial charge is 0.191 e. The van der Waals surface area contributed by atoms with E-state index in [2.05, 4.69) is 51.9 Å². The number of benzene rings is 2. The number of aromatic amines is 1. The third-order valence-corrected chi connectivity index (χ3v) is 4.88. The van der Waals surface area contributed by atoms with Gasteiger partial charge in [-0.05, 0) is 55.2 Å². The van der Waals surface area contributed by atoms with Crippen LogP contribution < -0.4 is 15.4 Å². The normalized spacial score (nSPS) is 12.3. The van der Waals surface area contributed by atoms with Crippen molar-refractivity contribution in [2.75, 3.05) is 26.7 Å². The third kappa shape index (κ3) is 6.37. The van der Waals surface area contributed by atoms with Gasteiger partial charge in [0.25, 0.3) is 0 Å². The van der Waals surface area contributed by atoms with Gasteiger partial charge >= 0.3 is 0 Å². The molecular weight excluding hydrogens is 491 g/mol. The Morgan fingerprint density at radius 3 is 2.63 bits per heavy atom. The summed E-state index contributed by atoms with van der Waals surface area (Å²) in [5, 5.41) is 18.3. The molecule has 4 N–H and O–H groups in total. The van der Waals surface area contributed by atoms with E-state index in [0.29, 0.717) is 5.96 Å². The zero-order valence-corrected chi connectivity index (χ0v) is 20.1. The molecule has 3 aromatic rings. The number of H-pyrrole nitrogens is 1. The van der Waals surface area contributed by atoms with Crippen molar-refractivity contribution >= 4 is 40.8 Å². The van der Waals surface area contributed by atoms with Crippen molar-refractivity contribution in [1.29, 1.82) is 0 Å². The number of aliphatic imine (C=N–C) groups is 1. The molecule has 0 saturated carbocycles. The van der Waals surface area contributed by atoms with Gasteiger partial charge in [0.2, 0.25) is 0 Å². The van der Waals surface area contributed by atoms with Crippen molar-refractivity contribution in [2.24, 2.45) is 4.99 Å². The highest BCUT2D eigenvalue weighted by molar-refractivity contribution is 14.0. The number of aryl methyl sites for hydroxylation is 1. The Morgan fingerprint density at radius 2 is 1.93 bits per heavy atom. The molecule has 3 rings (SSSR count). The minimum Gasteiger partial charge on any atom is -0.497 e. The second kappa shape index (κ2) is 11.8. The van der Waals surface area contributed by atoms with Crippen LogP contribution in [-0.4, -0.2) is 42.8 Å².